The number of carbonyl (C=O) groups excluding carboxylic acids is 5. The largest absolute Gasteiger partial charge is 0.443 e. The number of aliphatic hydroxyl groups is 1. The van der Waals surface area contributed by atoms with Crippen LogP contribution in [-0.4, -0.2) is 93.9 Å². The third-order valence-electron chi connectivity index (χ3n) is 10.1. The number of amides is 5. The molecule has 3 aliphatic carbocycles. The number of ether oxygens (including phenoxy) is 1. The Morgan fingerprint density at radius 2 is 1.38 bits per heavy atom. The highest BCUT2D eigenvalue weighted by molar-refractivity contribution is 6.30. The van der Waals surface area contributed by atoms with Crippen molar-refractivity contribution in [1.82, 2.24) is 39.8 Å². The fourth-order valence-electron chi connectivity index (χ4n) is 7.02. The molecule has 0 radical (unpaired) electrons. The predicted octanol–water partition coefficient (Wildman–Crippen LogP) is 4.17. The first kappa shape index (κ1) is 39.0. The molecule has 304 valence electrons. The van der Waals surface area contributed by atoms with Crippen LogP contribution < -0.4 is 26.2 Å². The van der Waals surface area contributed by atoms with Crippen molar-refractivity contribution in [2.24, 2.45) is 0 Å². The number of aliphatic hydroxyl groups excluding tert-OH is 1. The molecule has 5 aliphatic rings. The van der Waals surface area contributed by atoms with Crippen molar-refractivity contribution in [2.45, 2.75) is 115 Å². The van der Waals surface area contributed by atoms with Gasteiger partial charge in [0, 0.05) is 52.5 Å². The van der Waals surface area contributed by atoms with Crippen LogP contribution in [0.25, 0.3) is 23.4 Å². The van der Waals surface area contributed by atoms with E-state index in [9.17, 15) is 29.1 Å². The maximum absolute atomic E-state index is 12.9. The number of aromatic nitrogens is 6. The molecule has 5 amide bonds. The van der Waals surface area contributed by atoms with Gasteiger partial charge < -0.3 is 20.5 Å². The number of carbonyl (C=O) groups is 5. The van der Waals surface area contributed by atoms with Gasteiger partial charge in [0.1, 0.15) is 28.2 Å². The predicted molar refractivity (Wildman–Crippen MR) is 213 cm³/mol. The topological polar surface area (TPSA) is 227 Å². The SMILES string of the molecule is CC(C)(C)OC(=O)N(c1cc(Cl)nc2c(/C=C3\CC(=O)NC3=O)cnn12)C1CC1.O=C1C/C(=C\c2cnn3c(NC4CC4)cc(NC4CCC(O)CC4)nc23)C(=O)N1. The zero-order chi connectivity index (χ0) is 40.9. The summed E-state index contributed by atoms with van der Waals surface area (Å²) >= 11 is 6.24. The lowest BCUT2D eigenvalue weighted by atomic mass is 9.93. The molecule has 2 saturated heterocycles. The van der Waals surface area contributed by atoms with Crippen LogP contribution >= 0.6 is 11.6 Å². The minimum Gasteiger partial charge on any atom is -0.443 e. The van der Waals surface area contributed by atoms with Gasteiger partial charge in [0.05, 0.1) is 31.3 Å². The highest BCUT2D eigenvalue weighted by Gasteiger charge is 2.38. The van der Waals surface area contributed by atoms with Crippen LogP contribution in [-0.2, 0) is 23.9 Å². The molecule has 2 aliphatic heterocycles. The molecule has 5 fully saturated rings. The lowest BCUT2D eigenvalue weighted by Crippen LogP contribution is -2.39. The number of halogens is 1. The van der Waals surface area contributed by atoms with Crippen LogP contribution in [0.4, 0.5) is 22.2 Å². The second-order valence-corrected chi connectivity index (χ2v) is 16.6. The van der Waals surface area contributed by atoms with Crippen LogP contribution in [0, 0.1) is 0 Å². The van der Waals surface area contributed by atoms with Crippen LogP contribution in [0.1, 0.15) is 96.1 Å². The Hall–Kier alpha value is -5.88. The van der Waals surface area contributed by atoms with Crippen LogP contribution in [0.3, 0.4) is 0 Å². The van der Waals surface area contributed by atoms with E-state index in [1.165, 1.54) is 10.7 Å². The van der Waals surface area contributed by atoms with Crippen LogP contribution in [0.2, 0.25) is 5.15 Å². The van der Waals surface area contributed by atoms with E-state index in [4.69, 9.17) is 21.3 Å². The van der Waals surface area contributed by atoms with Gasteiger partial charge in [0.15, 0.2) is 11.3 Å². The number of hydrogen-bond donors (Lipinski definition) is 5. The number of anilines is 3. The van der Waals surface area contributed by atoms with Crippen molar-refractivity contribution in [3.63, 3.8) is 0 Å². The van der Waals surface area contributed by atoms with Crippen LogP contribution in [0.5, 0.6) is 0 Å². The first-order chi connectivity index (χ1) is 27.7. The minimum absolute atomic E-state index is 0.00393. The summed E-state index contributed by atoms with van der Waals surface area (Å²) in [7, 11) is 0. The van der Waals surface area contributed by atoms with Crippen molar-refractivity contribution in [1.29, 1.82) is 0 Å². The van der Waals surface area contributed by atoms with Crippen molar-refractivity contribution in [3.05, 3.63) is 52.0 Å². The number of nitrogens with zero attached hydrogens (tertiary/aromatic N) is 7. The molecule has 0 spiro atoms. The second kappa shape index (κ2) is 15.5. The van der Waals surface area contributed by atoms with Crippen molar-refractivity contribution < 1.29 is 33.8 Å². The normalized spacial score (nSPS) is 22.3. The second-order valence-electron chi connectivity index (χ2n) is 16.2. The summed E-state index contributed by atoms with van der Waals surface area (Å²) in [6.45, 7) is 5.41. The van der Waals surface area contributed by atoms with Gasteiger partial charge in [-0.15, -0.1) is 0 Å². The fraction of sp³-hybridized carbons (Fsp3) is 0.462. The summed E-state index contributed by atoms with van der Waals surface area (Å²) in [4.78, 5) is 70.2. The number of fused-ring (bicyclic) bond motifs is 2. The third-order valence-corrected chi connectivity index (χ3v) is 10.3. The molecule has 4 aromatic heterocycles. The Bertz CT molecular complexity index is 2400. The first-order valence-corrected chi connectivity index (χ1v) is 19.8. The Labute approximate surface area is 337 Å². The van der Waals surface area contributed by atoms with E-state index < -0.39 is 17.6 Å². The zero-order valence-electron chi connectivity index (χ0n) is 32.2. The number of nitrogens with one attached hydrogen (secondary N) is 4. The van der Waals surface area contributed by atoms with Gasteiger partial charge in [-0.2, -0.15) is 19.2 Å². The molecule has 19 heteroatoms. The number of rotatable bonds is 8. The molecule has 5 N–H and O–H groups in total. The number of imide groups is 2. The maximum Gasteiger partial charge on any atom is 0.416 e. The fourth-order valence-corrected chi connectivity index (χ4v) is 7.20. The number of hydrogen-bond acceptors (Lipinski definition) is 13. The highest BCUT2D eigenvalue weighted by atomic mass is 35.5. The highest BCUT2D eigenvalue weighted by Crippen LogP contribution is 2.35. The first-order valence-electron chi connectivity index (χ1n) is 19.4. The van der Waals surface area contributed by atoms with Gasteiger partial charge in [-0.25, -0.2) is 14.8 Å². The zero-order valence-corrected chi connectivity index (χ0v) is 33.0. The average Bonchev–Trinajstić information content (AvgIpc) is 4.02. The van der Waals surface area contributed by atoms with E-state index in [-0.39, 0.29) is 53.9 Å². The summed E-state index contributed by atoms with van der Waals surface area (Å²) in [6, 6.07) is 4.24. The van der Waals surface area contributed by atoms with Gasteiger partial charge in [-0.05, 0) is 84.3 Å². The van der Waals surface area contributed by atoms with E-state index in [0.717, 1.165) is 63.0 Å². The lowest BCUT2D eigenvalue weighted by Gasteiger charge is -2.27. The van der Waals surface area contributed by atoms with Crippen molar-refractivity contribution in [3.8, 4) is 0 Å². The van der Waals surface area contributed by atoms with E-state index in [2.05, 4.69) is 36.4 Å². The average molecular weight is 814 g/mol. The third kappa shape index (κ3) is 8.82. The summed E-state index contributed by atoms with van der Waals surface area (Å²) in [5.74, 6) is 0.596. The molecule has 58 heavy (non-hydrogen) atoms. The van der Waals surface area contributed by atoms with E-state index in [0.29, 0.717) is 45.4 Å². The van der Waals surface area contributed by atoms with E-state index >= 15 is 0 Å². The van der Waals surface area contributed by atoms with Crippen LogP contribution in [0.15, 0.2) is 35.7 Å². The van der Waals surface area contributed by atoms with E-state index in [1.807, 2.05) is 6.07 Å². The van der Waals surface area contributed by atoms with Gasteiger partial charge in [0.25, 0.3) is 11.8 Å². The molecule has 4 aromatic rings. The summed E-state index contributed by atoms with van der Waals surface area (Å²) in [6.07, 6.45) is 13.2. The Kier molecular flexibility index (Phi) is 10.4. The van der Waals surface area contributed by atoms with Gasteiger partial charge in [-0.1, -0.05) is 11.6 Å². The standard InChI is InChI=1S/C20H24N6O3.C19H20ClN5O4/c27-15-5-3-13(4-6-15)22-16-9-17(23-14-1-2-14)26-19(24-16)12(10-21-26)7-11-8-18(28)25-20(11)29;1-19(2,3)29-18(28)24(12-4-5-12)15-8-13(20)22-16-11(9-21-25(15)16)6-10-7-14(26)23-17(10)27/h7,9-10,13-15,23,27H,1-6,8H2,(H,22,24)(H,25,28,29);6,8-9,12H,4-5,7H2,1-3H3,(H,23,26,27)/b11-7+;10-6+. The summed E-state index contributed by atoms with van der Waals surface area (Å²) in [5.41, 5.74) is 2.32. The molecule has 0 unspecified atom stereocenters. The molecule has 9 rings (SSSR count). The Morgan fingerprint density at radius 3 is 1.91 bits per heavy atom. The molecule has 0 aromatic carbocycles. The Balaban J connectivity index is 0.000000162. The quantitative estimate of drug-likeness (QED) is 0.0958. The molecule has 3 saturated carbocycles. The van der Waals surface area contributed by atoms with Crippen molar-refractivity contribution in [2.75, 3.05) is 15.5 Å². The Morgan fingerprint density at radius 1 is 0.828 bits per heavy atom. The smallest absolute Gasteiger partial charge is 0.416 e. The monoisotopic (exact) mass is 813 g/mol. The van der Waals surface area contributed by atoms with Gasteiger partial charge >= 0.3 is 6.09 Å². The maximum atomic E-state index is 12.9. The van der Waals surface area contributed by atoms with Crippen molar-refractivity contribution >= 4 is 82.2 Å². The minimum atomic E-state index is -0.651. The summed E-state index contributed by atoms with van der Waals surface area (Å²) < 4.78 is 8.81. The molecule has 0 bridgehead atoms. The van der Waals surface area contributed by atoms with E-state index in [1.54, 1.807) is 54.6 Å². The molecule has 0 atom stereocenters. The lowest BCUT2D eigenvalue weighted by molar-refractivity contribution is -0.125. The van der Waals surface area contributed by atoms with Gasteiger partial charge in [0.2, 0.25) is 11.8 Å². The van der Waals surface area contributed by atoms with Gasteiger partial charge in [-0.3, -0.25) is 34.7 Å². The molecule has 6 heterocycles. The molecular formula is C39H44ClN11O7. The molecule has 18 nitrogen and oxygen atoms in total. The summed E-state index contributed by atoms with van der Waals surface area (Å²) in [5, 5.41) is 30.2. The molecular weight excluding hydrogens is 770 g/mol.